The van der Waals surface area contributed by atoms with Crippen LogP contribution in [0.25, 0.3) is 5.53 Å². The zero-order valence-corrected chi connectivity index (χ0v) is 15.3. The van der Waals surface area contributed by atoms with E-state index in [1.54, 1.807) is 19.1 Å². The van der Waals surface area contributed by atoms with Crippen LogP contribution in [0.4, 0.5) is 4.79 Å². The van der Waals surface area contributed by atoms with Crippen molar-refractivity contribution in [2.45, 2.75) is 26.4 Å². The second-order valence-corrected chi connectivity index (χ2v) is 6.30. The van der Waals surface area contributed by atoms with E-state index in [1.165, 1.54) is 12.2 Å². The van der Waals surface area contributed by atoms with Gasteiger partial charge in [0.15, 0.2) is 0 Å². The van der Waals surface area contributed by atoms with Crippen molar-refractivity contribution in [3.8, 4) is 0 Å². The van der Waals surface area contributed by atoms with Crippen molar-refractivity contribution in [3.63, 3.8) is 0 Å². The molecule has 0 fully saturated rings. The molecule has 1 aromatic rings. The van der Waals surface area contributed by atoms with Gasteiger partial charge in [0, 0.05) is 6.08 Å². The summed E-state index contributed by atoms with van der Waals surface area (Å²) in [4.78, 5) is 37.3. The van der Waals surface area contributed by atoms with Gasteiger partial charge in [-0.15, -0.1) is 0 Å². The third kappa shape index (κ3) is 6.00. The summed E-state index contributed by atoms with van der Waals surface area (Å²) in [5.74, 6) is -0.750. The lowest BCUT2D eigenvalue weighted by molar-refractivity contribution is -0.419. The summed E-state index contributed by atoms with van der Waals surface area (Å²) in [7, 11) is 0. The van der Waals surface area contributed by atoms with Crippen LogP contribution < -0.4 is 5.32 Å². The van der Waals surface area contributed by atoms with Crippen molar-refractivity contribution in [2.75, 3.05) is 6.54 Å². The molecule has 0 aromatic heterocycles. The van der Waals surface area contributed by atoms with Gasteiger partial charge in [-0.1, -0.05) is 35.9 Å². The minimum absolute atomic E-state index is 0.00499. The quantitative estimate of drug-likeness (QED) is 0.242. The van der Waals surface area contributed by atoms with Gasteiger partial charge in [-0.3, -0.25) is 14.9 Å². The number of carbonyl (C=O) groups excluding carboxylic acids is 2. The maximum atomic E-state index is 12.2. The SMILES string of the molecule is CC1=CC([N+](=O)[O-])=CCC1CC(=[N+]=[N-])C(=O)CNC(=O)OCc1ccccc1. The van der Waals surface area contributed by atoms with Crippen molar-refractivity contribution < 1.29 is 24.0 Å². The summed E-state index contributed by atoms with van der Waals surface area (Å²) in [5, 5.41) is 13.1. The van der Waals surface area contributed by atoms with Crippen LogP contribution in [0.1, 0.15) is 25.3 Å². The van der Waals surface area contributed by atoms with Crippen molar-refractivity contribution in [3.05, 3.63) is 75.0 Å². The second kappa shape index (κ2) is 9.94. The van der Waals surface area contributed by atoms with Gasteiger partial charge in [-0.05, 0) is 30.9 Å². The lowest BCUT2D eigenvalue weighted by atomic mass is 9.86. The Balaban J connectivity index is 1.82. The Morgan fingerprint density at radius 3 is 2.68 bits per heavy atom. The highest BCUT2D eigenvalue weighted by Gasteiger charge is 2.28. The molecule has 0 saturated carbocycles. The molecule has 1 N–H and O–H groups in total. The van der Waals surface area contributed by atoms with Gasteiger partial charge in [0.25, 0.3) is 11.5 Å². The van der Waals surface area contributed by atoms with Crippen molar-refractivity contribution in [1.29, 1.82) is 0 Å². The van der Waals surface area contributed by atoms with Gasteiger partial charge in [-0.2, -0.15) is 4.79 Å². The van der Waals surface area contributed by atoms with E-state index in [0.29, 0.717) is 6.42 Å². The number of nitrogens with one attached hydrogen (secondary N) is 1. The van der Waals surface area contributed by atoms with Gasteiger partial charge in [0.1, 0.15) is 6.61 Å². The number of hydrogen-bond donors (Lipinski definition) is 1. The molecule has 1 amide bonds. The molecule has 0 radical (unpaired) electrons. The zero-order valence-electron chi connectivity index (χ0n) is 15.3. The summed E-state index contributed by atoms with van der Waals surface area (Å²) < 4.78 is 5.01. The largest absolute Gasteiger partial charge is 0.445 e. The number of rotatable bonds is 8. The van der Waals surface area contributed by atoms with Crippen LogP contribution in [0.2, 0.25) is 0 Å². The Morgan fingerprint density at radius 2 is 2.07 bits per heavy atom. The van der Waals surface area contributed by atoms with Crippen LogP contribution in [0.3, 0.4) is 0 Å². The zero-order chi connectivity index (χ0) is 20.5. The summed E-state index contributed by atoms with van der Waals surface area (Å²) in [6.07, 6.45) is 2.61. The Morgan fingerprint density at radius 1 is 1.36 bits per heavy atom. The highest BCUT2D eigenvalue weighted by molar-refractivity contribution is 6.38. The van der Waals surface area contributed by atoms with E-state index in [1.807, 2.05) is 18.2 Å². The lowest BCUT2D eigenvalue weighted by Crippen LogP contribution is -2.34. The Kier molecular flexibility index (Phi) is 7.36. The topological polar surface area (TPSA) is 135 Å². The number of hydrogen-bond acceptors (Lipinski definition) is 5. The fraction of sp³-hybridized carbons (Fsp3) is 0.316. The normalized spacial score (nSPS) is 15.5. The fourth-order valence-electron chi connectivity index (χ4n) is 2.70. The highest BCUT2D eigenvalue weighted by Crippen LogP contribution is 2.26. The first-order chi connectivity index (χ1) is 13.4. The first kappa shape index (κ1) is 20.7. The summed E-state index contributed by atoms with van der Waals surface area (Å²) in [6.45, 7) is 1.41. The van der Waals surface area contributed by atoms with Gasteiger partial charge in [-0.25, -0.2) is 4.79 Å². The number of Topliss-reactive ketones (excluding diaryl/α,β-unsaturated/α-hetero) is 1. The molecule has 28 heavy (non-hydrogen) atoms. The van der Waals surface area contributed by atoms with Crippen LogP contribution in [0, 0.1) is 16.0 Å². The third-order valence-corrected chi connectivity index (χ3v) is 4.33. The van der Waals surface area contributed by atoms with Crippen LogP contribution in [-0.4, -0.2) is 33.8 Å². The van der Waals surface area contributed by atoms with Crippen LogP contribution in [0.15, 0.2) is 53.8 Å². The van der Waals surface area contributed by atoms with Crippen molar-refractivity contribution >= 4 is 17.6 Å². The molecule has 146 valence electrons. The standard InChI is InChI=1S/C19H20N4O5/c1-13-9-16(23(26)27)8-7-15(13)10-17(22-20)18(24)11-21-19(25)28-12-14-5-3-2-4-6-14/h2-6,8-9,15H,7,10-12H2,1H3,(H,21,25). The first-order valence-corrected chi connectivity index (χ1v) is 8.62. The molecule has 1 unspecified atom stereocenters. The monoisotopic (exact) mass is 384 g/mol. The lowest BCUT2D eigenvalue weighted by Gasteiger charge is -2.16. The highest BCUT2D eigenvalue weighted by atomic mass is 16.6. The maximum absolute atomic E-state index is 12.2. The molecular formula is C19H20N4O5. The van der Waals surface area contributed by atoms with Crippen molar-refractivity contribution in [2.24, 2.45) is 5.92 Å². The minimum Gasteiger partial charge on any atom is -0.445 e. The van der Waals surface area contributed by atoms with E-state index in [0.717, 1.165) is 11.1 Å². The molecule has 9 heteroatoms. The van der Waals surface area contributed by atoms with E-state index in [2.05, 4.69) is 10.1 Å². The Labute approximate surface area is 161 Å². The number of nitrogens with zero attached hydrogens (tertiary/aromatic N) is 3. The average Bonchev–Trinajstić information content (AvgIpc) is 2.70. The molecule has 0 aliphatic heterocycles. The molecule has 1 atom stereocenters. The fourth-order valence-corrected chi connectivity index (χ4v) is 2.70. The predicted molar refractivity (Wildman–Crippen MR) is 99.8 cm³/mol. The molecule has 2 rings (SSSR count). The molecule has 0 heterocycles. The molecule has 9 nitrogen and oxygen atoms in total. The number of carbonyl (C=O) groups is 2. The van der Waals surface area contributed by atoms with Gasteiger partial charge < -0.3 is 15.6 Å². The second-order valence-electron chi connectivity index (χ2n) is 6.30. The van der Waals surface area contributed by atoms with Gasteiger partial charge >= 0.3 is 11.8 Å². The first-order valence-electron chi connectivity index (χ1n) is 8.62. The number of allylic oxidation sites excluding steroid dienone is 3. The summed E-state index contributed by atoms with van der Waals surface area (Å²) in [5.41, 5.74) is 10.6. The van der Waals surface area contributed by atoms with Crippen LogP contribution in [-0.2, 0) is 16.1 Å². The van der Waals surface area contributed by atoms with Crippen LogP contribution >= 0.6 is 0 Å². The Hall–Kier alpha value is -3.58. The molecule has 1 aliphatic carbocycles. The molecular weight excluding hydrogens is 364 g/mol. The number of amides is 1. The van der Waals surface area contributed by atoms with E-state index < -0.39 is 16.8 Å². The number of alkyl carbamates (subject to hydrolysis) is 1. The van der Waals surface area contributed by atoms with Gasteiger partial charge in [0.05, 0.1) is 17.9 Å². The van der Waals surface area contributed by atoms with Crippen LogP contribution in [0.5, 0.6) is 0 Å². The smallest absolute Gasteiger partial charge is 0.407 e. The van der Waals surface area contributed by atoms with E-state index >= 15 is 0 Å². The predicted octanol–water partition coefficient (Wildman–Crippen LogP) is 2.67. The maximum Gasteiger partial charge on any atom is 0.407 e. The van der Waals surface area contributed by atoms with E-state index in [-0.39, 0.29) is 36.9 Å². The minimum atomic E-state index is -0.762. The molecule has 1 aromatic carbocycles. The van der Waals surface area contributed by atoms with E-state index in [9.17, 15) is 19.7 Å². The number of benzene rings is 1. The average molecular weight is 384 g/mol. The number of ether oxygens (including phenoxy) is 1. The molecule has 0 bridgehead atoms. The summed E-state index contributed by atoms with van der Waals surface area (Å²) >= 11 is 0. The molecule has 0 saturated heterocycles. The van der Waals surface area contributed by atoms with Gasteiger partial charge in [0.2, 0.25) is 0 Å². The van der Waals surface area contributed by atoms with E-state index in [4.69, 9.17) is 10.3 Å². The van der Waals surface area contributed by atoms with Crippen molar-refractivity contribution in [1.82, 2.24) is 5.32 Å². The molecule has 1 aliphatic rings. The summed E-state index contributed by atoms with van der Waals surface area (Å²) in [6, 6.07) is 9.07. The molecule has 0 spiro atoms. The number of nitro groups is 1. The Bertz CT molecular complexity index is 870. The number of ketones is 1. The third-order valence-electron chi connectivity index (χ3n) is 4.33.